The Morgan fingerprint density at radius 3 is 2.48 bits per heavy atom. The normalized spacial score (nSPS) is 10.2. The number of carbonyl (C=O) groups is 1. The van der Waals surface area contributed by atoms with Crippen LogP contribution in [0.5, 0.6) is 0 Å². The molecule has 0 saturated carbocycles. The van der Waals surface area contributed by atoms with Crippen LogP contribution in [0.2, 0.25) is 0 Å². The van der Waals surface area contributed by atoms with E-state index in [9.17, 15) is 18.0 Å². The predicted octanol–water partition coefficient (Wildman–Crippen LogP) is 3.14. The van der Waals surface area contributed by atoms with Crippen LogP contribution < -0.4 is 5.32 Å². The number of alkyl halides is 3. The highest BCUT2D eigenvalue weighted by atomic mass is 32.2. The lowest BCUT2D eigenvalue weighted by atomic mass is 10.1. The second-order valence-electron chi connectivity index (χ2n) is 3.56. The van der Waals surface area contributed by atoms with Crippen molar-refractivity contribution in [1.29, 1.82) is 5.26 Å². The number of halogens is 3. The highest BCUT2D eigenvalue weighted by Crippen LogP contribution is 2.35. The summed E-state index contributed by atoms with van der Waals surface area (Å²) in [6.07, 6.45) is -4.62. The third kappa shape index (κ3) is 5.63. The van der Waals surface area contributed by atoms with Crippen LogP contribution in [0.3, 0.4) is 0 Å². The van der Waals surface area contributed by atoms with Crippen molar-refractivity contribution < 1.29 is 18.0 Å². The Morgan fingerprint density at radius 1 is 1.48 bits per heavy atom. The topological polar surface area (TPSA) is 65.8 Å². The van der Waals surface area contributed by atoms with Gasteiger partial charge in [-0.1, -0.05) is 25.6 Å². The number of nitriles is 1. The second kappa shape index (κ2) is 8.52. The molecular formula is C13H16F3N3OS. The number of hydrogen-bond acceptors (Lipinski definition) is 4. The lowest BCUT2D eigenvalue weighted by Crippen LogP contribution is -2.20. The lowest BCUT2D eigenvalue weighted by molar-refractivity contribution is -0.138. The van der Waals surface area contributed by atoms with Gasteiger partial charge in [-0.3, -0.25) is 4.79 Å². The Hall–Kier alpha value is -1.75. The summed E-state index contributed by atoms with van der Waals surface area (Å²) in [5.41, 5.74) is -1.43. The molecular weight excluding hydrogens is 303 g/mol. The summed E-state index contributed by atoms with van der Waals surface area (Å²) in [6, 6.07) is 2.33. The number of carbonyl (C=O) groups excluding carboxylic acids is 1. The molecule has 0 unspecified atom stereocenters. The molecule has 0 aromatic carbocycles. The van der Waals surface area contributed by atoms with Crippen molar-refractivity contribution in [3.8, 4) is 6.07 Å². The van der Waals surface area contributed by atoms with E-state index in [1.165, 1.54) is 20.0 Å². The molecule has 0 spiro atoms. The zero-order valence-corrected chi connectivity index (χ0v) is 12.9. The molecule has 0 radical (unpaired) electrons. The Morgan fingerprint density at radius 2 is 2.05 bits per heavy atom. The van der Waals surface area contributed by atoms with Crippen molar-refractivity contribution in [1.82, 2.24) is 10.3 Å². The molecule has 0 fully saturated rings. The van der Waals surface area contributed by atoms with Crippen LogP contribution >= 0.6 is 11.8 Å². The summed E-state index contributed by atoms with van der Waals surface area (Å²) in [5.74, 6) is -0.454. The average Bonchev–Trinajstić information content (AvgIpc) is 2.45. The SMILES string of the molecule is CC.CNC(=O)CSc1nc(C)cc(C(F)(F)F)c1C#N. The summed E-state index contributed by atoms with van der Waals surface area (Å²) in [4.78, 5) is 15.0. The van der Waals surface area contributed by atoms with Crippen molar-refractivity contribution in [2.45, 2.75) is 32.0 Å². The largest absolute Gasteiger partial charge is 0.417 e. The first-order chi connectivity index (χ1) is 9.79. The number of nitrogens with zero attached hydrogens (tertiary/aromatic N) is 2. The molecule has 0 bridgehead atoms. The van der Waals surface area contributed by atoms with Crippen molar-refractivity contribution in [3.63, 3.8) is 0 Å². The summed E-state index contributed by atoms with van der Waals surface area (Å²) in [6.45, 7) is 5.40. The molecule has 0 atom stereocenters. The first-order valence-corrected chi connectivity index (χ1v) is 7.10. The van der Waals surface area contributed by atoms with Gasteiger partial charge in [-0.15, -0.1) is 0 Å². The molecule has 8 heteroatoms. The van der Waals surface area contributed by atoms with Crippen LogP contribution in [0.4, 0.5) is 13.2 Å². The summed E-state index contributed by atoms with van der Waals surface area (Å²) >= 11 is 0.803. The second-order valence-corrected chi connectivity index (χ2v) is 4.53. The predicted molar refractivity (Wildman–Crippen MR) is 74.8 cm³/mol. The number of nitrogens with one attached hydrogen (secondary N) is 1. The van der Waals surface area contributed by atoms with Crippen LogP contribution in [-0.4, -0.2) is 23.7 Å². The Kier molecular flexibility index (Phi) is 7.81. The van der Waals surface area contributed by atoms with Gasteiger partial charge in [0.2, 0.25) is 5.91 Å². The average molecular weight is 319 g/mol. The molecule has 1 amide bonds. The molecule has 0 saturated heterocycles. The molecule has 1 N–H and O–H groups in total. The summed E-state index contributed by atoms with van der Waals surface area (Å²) in [7, 11) is 1.42. The van der Waals surface area contributed by atoms with E-state index in [0.717, 1.165) is 17.8 Å². The van der Waals surface area contributed by atoms with Gasteiger partial charge in [0.1, 0.15) is 11.1 Å². The Balaban J connectivity index is 0.00000191. The maximum Gasteiger partial charge on any atom is 0.417 e. The molecule has 1 aromatic rings. The molecule has 1 heterocycles. The molecule has 0 aliphatic carbocycles. The molecule has 4 nitrogen and oxygen atoms in total. The molecule has 0 aliphatic heterocycles. The molecule has 0 aliphatic rings. The maximum atomic E-state index is 12.8. The van der Waals surface area contributed by atoms with Gasteiger partial charge < -0.3 is 5.32 Å². The van der Waals surface area contributed by atoms with Gasteiger partial charge in [-0.25, -0.2) is 4.98 Å². The number of hydrogen-bond donors (Lipinski definition) is 1. The van der Waals surface area contributed by atoms with E-state index in [-0.39, 0.29) is 22.4 Å². The summed E-state index contributed by atoms with van der Waals surface area (Å²) in [5, 5.41) is 11.1. The molecule has 116 valence electrons. The van der Waals surface area contributed by atoms with Crippen LogP contribution in [-0.2, 0) is 11.0 Å². The number of pyridine rings is 1. The summed E-state index contributed by atoms with van der Waals surface area (Å²) < 4.78 is 38.4. The third-order valence-corrected chi connectivity index (χ3v) is 3.13. The van der Waals surface area contributed by atoms with Crippen molar-refractivity contribution in [2.24, 2.45) is 0 Å². The highest BCUT2D eigenvalue weighted by molar-refractivity contribution is 8.00. The first kappa shape index (κ1) is 19.2. The van der Waals surface area contributed by atoms with E-state index < -0.39 is 17.3 Å². The number of aromatic nitrogens is 1. The smallest absolute Gasteiger partial charge is 0.358 e. The fourth-order valence-corrected chi connectivity index (χ4v) is 2.21. The molecule has 1 rings (SSSR count). The van der Waals surface area contributed by atoms with E-state index in [4.69, 9.17) is 5.26 Å². The number of aryl methyl sites for hydroxylation is 1. The fraction of sp³-hybridized carbons (Fsp3) is 0.462. The van der Waals surface area contributed by atoms with Gasteiger partial charge in [0.15, 0.2) is 0 Å². The van der Waals surface area contributed by atoms with Crippen LogP contribution in [0.15, 0.2) is 11.1 Å². The van der Waals surface area contributed by atoms with Crippen LogP contribution in [0, 0.1) is 18.3 Å². The van der Waals surface area contributed by atoms with E-state index in [1.807, 2.05) is 13.8 Å². The van der Waals surface area contributed by atoms with E-state index in [2.05, 4.69) is 10.3 Å². The van der Waals surface area contributed by atoms with Crippen molar-refractivity contribution in [3.05, 3.63) is 22.9 Å². The third-order valence-electron chi connectivity index (χ3n) is 2.15. The minimum atomic E-state index is -4.62. The van der Waals surface area contributed by atoms with Gasteiger partial charge in [-0.2, -0.15) is 18.4 Å². The van der Waals surface area contributed by atoms with Gasteiger partial charge in [0.05, 0.1) is 16.9 Å². The number of thioether (sulfide) groups is 1. The zero-order chi connectivity index (χ0) is 16.6. The van der Waals surface area contributed by atoms with Gasteiger partial charge in [0, 0.05) is 12.7 Å². The minimum absolute atomic E-state index is 0.0848. The maximum absolute atomic E-state index is 12.8. The fourth-order valence-electron chi connectivity index (χ4n) is 1.29. The molecule has 1 aromatic heterocycles. The minimum Gasteiger partial charge on any atom is -0.358 e. The van der Waals surface area contributed by atoms with Gasteiger partial charge >= 0.3 is 6.18 Å². The highest BCUT2D eigenvalue weighted by Gasteiger charge is 2.35. The van der Waals surface area contributed by atoms with Gasteiger partial charge in [-0.05, 0) is 13.0 Å². The van der Waals surface area contributed by atoms with E-state index >= 15 is 0 Å². The lowest BCUT2D eigenvalue weighted by Gasteiger charge is -2.12. The van der Waals surface area contributed by atoms with Crippen LogP contribution in [0.1, 0.15) is 30.7 Å². The monoisotopic (exact) mass is 319 g/mol. The quantitative estimate of drug-likeness (QED) is 0.869. The van der Waals surface area contributed by atoms with Gasteiger partial charge in [0.25, 0.3) is 0 Å². The van der Waals surface area contributed by atoms with Crippen LogP contribution in [0.25, 0.3) is 0 Å². The Bertz CT molecular complexity index is 539. The Labute approximate surface area is 125 Å². The van der Waals surface area contributed by atoms with Crippen molar-refractivity contribution >= 4 is 17.7 Å². The van der Waals surface area contributed by atoms with E-state index in [1.54, 1.807) is 0 Å². The first-order valence-electron chi connectivity index (χ1n) is 6.12. The van der Waals surface area contributed by atoms with E-state index in [0.29, 0.717) is 0 Å². The van der Waals surface area contributed by atoms with Crippen molar-refractivity contribution in [2.75, 3.05) is 12.8 Å². The standard InChI is InChI=1S/C11H10F3N3OS.C2H6/c1-6-3-8(11(12,13)14)7(4-15)10(17-6)19-5-9(18)16-2;1-2/h3H,5H2,1-2H3,(H,16,18);1-2H3. The zero-order valence-electron chi connectivity index (χ0n) is 12.1. The number of rotatable bonds is 3. The molecule has 21 heavy (non-hydrogen) atoms. The number of amides is 1.